The van der Waals surface area contributed by atoms with Crippen LogP contribution in [0.5, 0.6) is 0 Å². The maximum Gasteiger partial charge on any atom is 0.281 e. The molecule has 0 radical (unpaired) electrons. The van der Waals surface area contributed by atoms with Gasteiger partial charge in [-0.2, -0.15) is 0 Å². The molecule has 0 aromatic heterocycles. The molecule has 4 rings (SSSR count). The predicted molar refractivity (Wildman–Crippen MR) is 113 cm³/mol. The summed E-state index contributed by atoms with van der Waals surface area (Å²) in [5.41, 5.74) is 7.01. The number of amides is 1. The van der Waals surface area contributed by atoms with Crippen LogP contribution in [0.15, 0.2) is 58.4 Å². The zero-order valence-corrected chi connectivity index (χ0v) is 16.2. The largest absolute Gasteiger partial charge is 0.388 e. The third kappa shape index (κ3) is 3.38. The van der Waals surface area contributed by atoms with Gasteiger partial charge in [-0.1, -0.05) is 23.9 Å². The fourth-order valence-corrected chi connectivity index (χ4v) is 3.97. The third-order valence-electron chi connectivity index (χ3n) is 4.50. The smallest absolute Gasteiger partial charge is 0.281 e. The zero-order chi connectivity index (χ0) is 19.0. The van der Waals surface area contributed by atoms with Gasteiger partial charge in [0.1, 0.15) is 5.84 Å². The van der Waals surface area contributed by atoms with Gasteiger partial charge in [-0.3, -0.25) is 10.2 Å². The Morgan fingerprint density at radius 2 is 1.85 bits per heavy atom. The number of fused-ring (bicyclic) bond motifs is 1. The summed E-state index contributed by atoms with van der Waals surface area (Å²) in [6, 6.07) is 16.1. The second-order valence-electron chi connectivity index (χ2n) is 6.53. The summed E-state index contributed by atoms with van der Waals surface area (Å²) < 4.78 is 0. The monoisotopic (exact) mass is 379 g/mol. The fraction of sp³-hybridized carbons (Fsp3) is 0.200. The van der Waals surface area contributed by atoms with Gasteiger partial charge in [0.2, 0.25) is 0 Å². The van der Waals surface area contributed by atoms with E-state index >= 15 is 0 Å². The van der Waals surface area contributed by atoms with E-state index in [0.717, 1.165) is 28.3 Å². The van der Waals surface area contributed by atoms with Crippen LogP contribution in [-0.4, -0.2) is 43.4 Å². The van der Waals surface area contributed by atoms with E-state index in [0.29, 0.717) is 4.91 Å². The zero-order valence-electron chi connectivity index (χ0n) is 15.4. The first-order valence-corrected chi connectivity index (χ1v) is 9.55. The number of amidine groups is 1. The van der Waals surface area contributed by atoms with Crippen LogP contribution in [0.4, 0.5) is 11.4 Å². The number of hydrazine groups is 1. The van der Waals surface area contributed by atoms with Crippen LogP contribution in [-0.2, 0) is 4.79 Å². The van der Waals surface area contributed by atoms with Crippen molar-refractivity contribution in [3.63, 3.8) is 0 Å². The van der Waals surface area contributed by atoms with Crippen molar-refractivity contribution in [3.8, 4) is 0 Å². The summed E-state index contributed by atoms with van der Waals surface area (Å²) in [5, 5.41) is 4.68. The highest BCUT2D eigenvalue weighted by molar-refractivity contribution is 8.05. The second kappa shape index (κ2) is 7.00. The van der Waals surface area contributed by atoms with Gasteiger partial charge >= 0.3 is 0 Å². The summed E-state index contributed by atoms with van der Waals surface area (Å²) in [5.74, 6) is 0.671. The topological polar surface area (TPSA) is 60.0 Å². The quantitative estimate of drug-likeness (QED) is 0.800. The highest BCUT2D eigenvalue weighted by Crippen LogP contribution is 2.38. The Hall–Kier alpha value is -2.93. The van der Waals surface area contributed by atoms with E-state index in [2.05, 4.69) is 15.7 Å². The summed E-state index contributed by atoms with van der Waals surface area (Å²) >= 11 is 1.47. The van der Waals surface area contributed by atoms with Crippen LogP contribution in [0, 0.1) is 0 Å². The van der Waals surface area contributed by atoms with E-state index in [1.165, 1.54) is 11.8 Å². The lowest BCUT2D eigenvalue weighted by Gasteiger charge is -2.13. The van der Waals surface area contributed by atoms with E-state index in [1.54, 1.807) is 5.01 Å². The van der Waals surface area contributed by atoms with Gasteiger partial charge < -0.3 is 10.2 Å². The van der Waals surface area contributed by atoms with Gasteiger partial charge in [-0.05, 0) is 48.0 Å². The van der Waals surface area contributed by atoms with Crippen molar-refractivity contribution in [2.45, 2.75) is 5.50 Å². The van der Waals surface area contributed by atoms with Crippen molar-refractivity contribution in [1.82, 2.24) is 10.4 Å². The van der Waals surface area contributed by atoms with E-state index in [9.17, 15) is 4.79 Å². The molecule has 2 aromatic rings. The molecule has 1 amide bonds. The molecule has 7 heteroatoms. The number of carbonyl (C=O) groups is 1. The first-order valence-electron chi connectivity index (χ1n) is 8.67. The molecule has 2 aliphatic heterocycles. The normalized spacial score (nSPS) is 19.7. The SMILES string of the molecule is CNc1ccc(C2=NC3S/C(=C\c4ccc(N(C)C)cc4)C(=O)N3N2)cc1. The molecule has 0 saturated carbocycles. The highest BCUT2D eigenvalue weighted by atomic mass is 32.2. The molecule has 0 bridgehead atoms. The minimum atomic E-state index is -0.260. The molecule has 1 fully saturated rings. The van der Waals surface area contributed by atoms with Crippen molar-refractivity contribution >= 4 is 41.0 Å². The van der Waals surface area contributed by atoms with Crippen molar-refractivity contribution in [2.24, 2.45) is 4.99 Å². The van der Waals surface area contributed by atoms with Crippen molar-refractivity contribution in [3.05, 3.63) is 64.6 Å². The number of carbonyl (C=O) groups excluding carboxylic acids is 1. The van der Waals surface area contributed by atoms with Crippen LogP contribution in [0.2, 0.25) is 0 Å². The average Bonchev–Trinajstić information content (AvgIpc) is 3.22. The van der Waals surface area contributed by atoms with Crippen LogP contribution >= 0.6 is 11.8 Å². The van der Waals surface area contributed by atoms with Gasteiger partial charge in [0.25, 0.3) is 5.91 Å². The Balaban J connectivity index is 1.51. The molecular weight excluding hydrogens is 358 g/mol. The van der Waals surface area contributed by atoms with Gasteiger partial charge in [-0.15, -0.1) is 0 Å². The van der Waals surface area contributed by atoms with Crippen LogP contribution < -0.4 is 15.6 Å². The number of anilines is 2. The van der Waals surface area contributed by atoms with Gasteiger partial charge in [0.05, 0.1) is 4.91 Å². The van der Waals surface area contributed by atoms with Crippen molar-refractivity contribution < 1.29 is 4.79 Å². The fourth-order valence-electron chi connectivity index (χ4n) is 2.93. The number of aliphatic imine (C=N–C) groups is 1. The van der Waals surface area contributed by atoms with Crippen molar-refractivity contribution in [1.29, 1.82) is 0 Å². The van der Waals surface area contributed by atoms with Gasteiger partial charge in [0, 0.05) is 38.1 Å². The minimum Gasteiger partial charge on any atom is -0.388 e. The Morgan fingerprint density at radius 1 is 1.15 bits per heavy atom. The van der Waals surface area contributed by atoms with E-state index < -0.39 is 0 Å². The molecule has 6 nitrogen and oxygen atoms in total. The summed E-state index contributed by atoms with van der Waals surface area (Å²) in [4.78, 5) is 20.1. The Labute approximate surface area is 162 Å². The summed E-state index contributed by atoms with van der Waals surface area (Å²) in [7, 11) is 5.89. The molecule has 138 valence electrons. The number of hydrogen-bond donors (Lipinski definition) is 2. The molecule has 2 N–H and O–H groups in total. The Bertz CT molecular complexity index is 918. The predicted octanol–water partition coefficient (Wildman–Crippen LogP) is 2.96. The van der Waals surface area contributed by atoms with Crippen LogP contribution in [0.1, 0.15) is 11.1 Å². The van der Waals surface area contributed by atoms with Gasteiger partial charge in [-0.25, -0.2) is 10.0 Å². The first kappa shape index (κ1) is 17.5. The highest BCUT2D eigenvalue weighted by Gasteiger charge is 2.41. The molecule has 27 heavy (non-hydrogen) atoms. The Morgan fingerprint density at radius 3 is 2.44 bits per heavy atom. The number of hydrogen-bond acceptors (Lipinski definition) is 6. The lowest BCUT2D eigenvalue weighted by atomic mass is 10.2. The lowest BCUT2D eigenvalue weighted by molar-refractivity contribution is -0.127. The van der Waals surface area contributed by atoms with Gasteiger partial charge in [0.15, 0.2) is 5.50 Å². The molecule has 1 atom stereocenters. The first-order chi connectivity index (χ1) is 13.0. The van der Waals surface area contributed by atoms with Crippen LogP contribution in [0.25, 0.3) is 6.08 Å². The molecular formula is C20H21N5OS. The maximum absolute atomic E-state index is 12.7. The number of nitrogens with zero attached hydrogens (tertiary/aromatic N) is 3. The molecule has 1 unspecified atom stereocenters. The molecule has 0 aliphatic carbocycles. The average molecular weight is 379 g/mol. The Kier molecular flexibility index (Phi) is 4.53. The van der Waals surface area contributed by atoms with E-state index in [-0.39, 0.29) is 11.4 Å². The molecule has 2 aliphatic rings. The number of benzene rings is 2. The molecule has 1 saturated heterocycles. The summed E-state index contributed by atoms with van der Waals surface area (Å²) in [6.07, 6.45) is 1.92. The molecule has 2 aromatic carbocycles. The number of nitrogens with one attached hydrogen (secondary N) is 2. The minimum absolute atomic E-state index is 0.0488. The maximum atomic E-state index is 12.7. The van der Waals surface area contributed by atoms with E-state index in [1.807, 2.05) is 80.6 Å². The van der Waals surface area contributed by atoms with E-state index in [4.69, 9.17) is 0 Å². The molecule has 0 spiro atoms. The summed E-state index contributed by atoms with van der Waals surface area (Å²) in [6.45, 7) is 0. The molecule has 2 heterocycles. The lowest BCUT2D eigenvalue weighted by Crippen LogP contribution is -2.40. The number of thioether (sulfide) groups is 1. The number of rotatable bonds is 4. The standard InChI is InChI=1S/C20H21N5OS/c1-21-15-8-6-14(7-9-15)18-22-20-25(23-18)19(26)17(27-20)12-13-4-10-16(11-5-13)24(2)3/h4-12,20-21H,1-3H3,(H,22,23)/b17-12-. The second-order valence-corrected chi connectivity index (χ2v) is 7.63. The third-order valence-corrected chi connectivity index (χ3v) is 5.58. The van der Waals surface area contributed by atoms with Crippen molar-refractivity contribution in [2.75, 3.05) is 31.4 Å². The van der Waals surface area contributed by atoms with Crippen LogP contribution in [0.3, 0.4) is 0 Å².